The van der Waals surface area contributed by atoms with Crippen LogP contribution in [0.5, 0.6) is 0 Å². The molecule has 2 aromatic rings. The quantitative estimate of drug-likeness (QED) is 0.817. The standard InChI is InChI=1S/C18H18BrFN2O/c19-16-7-3-1-5-14(16)13-21-9-11-22(12-10-21)18(23)15-6-2-4-8-17(15)20/h1-8H,9-13H2. The van der Waals surface area contributed by atoms with E-state index in [1.54, 1.807) is 23.1 Å². The van der Waals surface area contributed by atoms with Crippen molar-refractivity contribution in [3.8, 4) is 0 Å². The molecule has 0 aliphatic carbocycles. The van der Waals surface area contributed by atoms with E-state index < -0.39 is 5.82 Å². The maximum Gasteiger partial charge on any atom is 0.256 e. The summed E-state index contributed by atoms with van der Waals surface area (Å²) in [7, 11) is 0. The third-order valence-electron chi connectivity index (χ3n) is 4.12. The minimum Gasteiger partial charge on any atom is -0.336 e. The Hall–Kier alpha value is -1.72. The summed E-state index contributed by atoms with van der Waals surface area (Å²) in [6.07, 6.45) is 0. The molecule has 120 valence electrons. The Morgan fingerprint density at radius 2 is 1.65 bits per heavy atom. The molecule has 1 aliphatic heterocycles. The summed E-state index contributed by atoms with van der Waals surface area (Å²) in [5, 5.41) is 0. The molecule has 1 amide bonds. The van der Waals surface area contributed by atoms with E-state index in [4.69, 9.17) is 0 Å². The molecular weight excluding hydrogens is 359 g/mol. The van der Waals surface area contributed by atoms with Crippen LogP contribution in [0.4, 0.5) is 4.39 Å². The summed E-state index contributed by atoms with van der Waals surface area (Å²) in [4.78, 5) is 16.4. The van der Waals surface area contributed by atoms with Gasteiger partial charge >= 0.3 is 0 Å². The highest BCUT2D eigenvalue weighted by Gasteiger charge is 2.24. The maximum atomic E-state index is 13.7. The van der Waals surface area contributed by atoms with E-state index in [1.807, 2.05) is 18.2 Å². The number of hydrogen-bond acceptors (Lipinski definition) is 2. The lowest BCUT2D eigenvalue weighted by molar-refractivity contribution is 0.0623. The highest BCUT2D eigenvalue weighted by Crippen LogP contribution is 2.19. The lowest BCUT2D eigenvalue weighted by Crippen LogP contribution is -2.48. The van der Waals surface area contributed by atoms with Gasteiger partial charge in [-0.15, -0.1) is 0 Å². The van der Waals surface area contributed by atoms with Crippen molar-refractivity contribution in [2.45, 2.75) is 6.54 Å². The van der Waals surface area contributed by atoms with Crippen LogP contribution in [0.2, 0.25) is 0 Å². The number of benzene rings is 2. The molecule has 0 atom stereocenters. The molecule has 0 unspecified atom stereocenters. The molecule has 3 rings (SSSR count). The summed E-state index contributed by atoms with van der Waals surface area (Å²) in [5.74, 6) is -0.670. The lowest BCUT2D eigenvalue weighted by Gasteiger charge is -2.35. The summed E-state index contributed by atoms with van der Waals surface area (Å²) in [5.41, 5.74) is 1.40. The molecule has 1 heterocycles. The third-order valence-corrected chi connectivity index (χ3v) is 4.89. The van der Waals surface area contributed by atoms with Crippen LogP contribution in [0.1, 0.15) is 15.9 Å². The van der Waals surface area contributed by atoms with Crippen molar-refractivity contribution in [3.63, 3.8) is 0 Å². The van der Waals surface area contributed by atoms with Crippen molar-refractivity contribution in [1.29, 1.82) is 0 Å². The first-order chi connectivity index (χ1) is 11.1. The van der Waals surface area contributed by atoms with Crippen molar-refractivity contribution >= 4 is 21.8 Å². The Morgan fingerprint density at radius 1 is 1.00 bits per heavy atom. The van der Waals surface area contributed by atoms with Gasteiger partial charge in [0.25, 0.3) is 5.91 Å². The van der Waals surface area contributed by atoms with E-state index >= 15 is 0 Å². The summed E-state index contributed by atoms with van der Waals surface area (Å²) in [6.45, 7) is 3.68. The van der Waals surface area contributed by atoms with Gasteiger partial charge in [0.05, 0.1) is 5.56 Å². The third kappa shape index (κ3) is 3.79. The molecule has 5 heteroatoms. The monoisotopic (exact) mass is 376 g/mol. The zero-order chi connectivity index (χ0) is 16.2. The molecule has 0 radical (unpaired) electrons. The van der Waals surface area contributed by atoms with Gasteiger partial charge in [0.15, 0.2) is 0 Å². The lowest BCUT2D eigenvalue weighted by atomic mass is 10.1. The Labute approximate surface area is 143 Å². The second-order valence-electron chi connectivity index (χ2n) is 5.64. The molecule has 1 fully saturated rings. The first kappa shape index (κ1) is 16.1. The van der Waals surface area contributed by atoms with Crippen LogP contribution < -0.4 is 0 Å². The molecule has 1 saturated heterocycles. The van der Waals surface area contributed by atoms with Crippen LogP contribution in [0.15, 0.2) is 53.0 Å². The van der Waals surface area contributed by atoms with E-state index in [-0.39, 0.29) is 11.5 Å². The topological polar surface area (TPSA) is 23.6 Å². The smallest absolute Gasteiger partial charge is 0.256 e. The van der Waals surface area contributed by atoms with Crippen molar-refractivity contribution < 1.29 is 9.18 Å². The minimum absolute atomic E-state index is 0.159. The van der Waals surface area contributed by atoms with E-state index in [1.165, 1.54) is 11.6 Å². The molecule has 23 heavy (non-hydrogen) atoms. The largest absolute Gasteiger partial charge is 0.336 e. The first-order valence-corrected chi connectivity index (χ1v) is 8.44. The van der Waals surface area contributed by atoms with Crippen molar-refractivity contribution in [3.05, 3.63) is 69.9 Å². The molecule has 0 N–H and O–H groups in total. The highest BCUT2D eigenvalue weighted by molar-refractivity contribution is 9.10. The van der Waals surface area contributed by atoms with Gasteiger partial charge in [-0.2, -0.15) is 0 Å². The number of carbonyl (C=O) groups is 1. The zero-order valence-electron chi connectivity index (χ0n) is 12.7. The van der Waals surface area contributed by atoms with Gasteiger partial charge in [0.2, 0.25) is 0 Å². The Morgan fingerprint density at radius 3 is 2.35 bits per heavy atom. The van der Waals surface area contributed by atoms with Crippen LogP contribution in [0.3, 0.4) is 0 Å². The molecular formula is C18H18BrFN2O. The molecule has 2 aromatic carbocycles. The fourth-order valence-corrected chi connectivity index (χ4v) is 3.19. The molecule has 0 bridgehead atoms. The van der Waals surface area contributed by atoms with E-state index in [0.29, 0.717) is 13.1 Å². The summed E-state index contributed by atoms with van der Waals surface area (Å²) < 4.78 is 14.8. The molecule has 3 nitrogen and oxygen atoms in total. The number of halogens is 2. The second-order valence-corrected chi connectivity index (χ2v) is 6.49. The van der Waals surface area contributed by atoms with Crippen LogP contribution in [0.25, 0.3) is 0 Å². The average Bonchev–Trinajstić information content (AvgIpc) is 2.57. The van der Waals surface area contributed by atoms with E-state index in [2.05, 4.69) is 26.9 Å². The van der Waals surface area contributed by atoms with Gasteiger partial charge in [-0.05, 0) is 23.8 Å². The van der Waals surface area contributed by atoms with E-state index in [0.717, 1.165) is 24.1 Å². The van der Waals surface area contributed by atoms with Crippen molar-refractivity contribution in [2.75, 3.05) is 26.2 Å². The van der Waals surface area contributed by atoms with Crippen LogP contribution in [-0.4, -0.2) is 41.9 Å². The number of hydrogen-bond donors (Lipinski definition) is 0. The van der Waals surface area contributed by atoms with Crippen LogP contribution in [-0.2, 0) is 6.54 Å². The molecule has 0 saturated carbocycles. The van der Waals surface area contributed by atoms with Gasteiger partial charge in [-0.25, -0.2) is 4.39 Å². The van der Waals surface area contributed by atoms with Crippen LogP contribution in [0, 0.1) is 5.82 Å². The predicted octanol–water partition coefficient (Wildman–Crippen LogP) is 3.55. The van der Waals surface area contributed by atoms with Crippen LogP contribution >= 0.6 is 15.9 Å². The number of rotatable bonds is 3. The first-order valence-electron chi connectivity index (χ1n) is 7.65. The van der Waals surface area contributed by atoms with Gasteiger partial charge in [0, 0.05) is 37.2 Å². The normalized spacial score (nSPS) is 15.7. The second kappa shape index (κ2) is 7.23. The van der Waals surface area contributed by atoms with Crippen molar-refractivity contribution in [2.24, 2.45) is 0 Å². The summed E-state index contributed by atoms with van der Waals surface area (Å²) in [6, 6.07) is 14.3. The Balaban J connectivity index is 1.59. The zero-order valence-corrected chi connectivity index (χ0v) is 14.3. The number of piperazine rings is 1. The van der Waals surface area contributed by atoms with Gasteiger partial charge in [0.1, 0.15) is 5.82 Å². The molecule has 0 aromatic heterocycles. The fourth-order valence-electron chi connectivity index (χ4n) is 2.78. The van der Waals surface area contributed by atoms with Gasteiger partial charge in [-0.3, -0.25) is 9.69 Å². The van der Waals surface area contributed by atoms with E-state index in [9.17, 15) is 9.18 Å². The summed E-state index contributed by atoms with van der Waals surface area (Å²) >= 11 is 3.56. The van der Waals surface area contributed by atoms with Gasteiger partial charge < -0.3 is 4.90 Å². The molecule has 0 spiro atoms. The average molecular weight is 377 g/mol. The predicted molar refractivity (Wildman–Crippen MR) is 91.7 cm³/mol. The van der Waals surface area contributed by atoms with Gasteiger partial charge in [-0.1, -0.05) is 46.3 Å². The maximum absolute atomic E-state index is 13.7. The van der Waals surface area contributed by atoms with Crippen molar-refractivity contribution in [1.82, 2.24) is 9.80 Å². The number of nitrogens with zero attached hydrogens (tertiary/aromatic N) is 2. The SMILES string of the molecule is O=C(c1ccccc1F)N1CCN(Cc2ccccc2Br)CC1. The Bertz CT molecular complexity index is 699. The Kier molecular flexibility index (Phi) is 5.08. The number of amides is 1. The minimum atomic E-state index is -0.451. The molecule has 1 aliphatic rings. The number of carbonyl (C=O) groups excluding carboxylic acids is 1. The highest BCUT2D eigenvalue weighted by atomic mass is 79.9. The fraction of sp³-hybridized carbons (Fsp3) is 0.278.